The van der Waals surface area contributed by atoms with Crippen molar-refractivity contribution in [2.45, 2.75) is 55.3 Å². The molecule has 10 nitrogen and oxygen atoms in total. The average Bonchev–Trinajstić information content (AvgIpc) is 3.73. The fourth-order valence-corrected chi connectivity index (χ4v) is 7.94. The van der Waals surface area contributed by atoms with Crippen LogP contribution in [0.4, 0.5) is 0 Å². The Balaban J connectivity index is 0.00000212. The molecule has 2 fully saturated rings. The molecule has 6 rings (SSSR count). The molecule has 3 N–H and O–H groups in total. The van der Waals surface area contributed by atoms with Gasteiger partial charge in [0.1, 0.15) is 11.4 Å². The van der Waals surface area contributed by atoms with Gasteiger partial charge in [-0.3, -0.25) is 4.52 Å². The molecule has 0 radical (unpaired) electrons. The van der Waals surface area contributed by atoms with Gasteiger partial charge in [-0.15, -0.1) is 0 Å². The Bertz CT molecular complexity index is 1750. The number of fused-ring (bicyclic) bond motifs is 3. The largest absolute Gasteiger partial charge is 1.00 e. The summed E-state index contributed by atoms with van der Waals surface area (Å²) >= 11 is 0. The maximum Gasteiger partial charge on any atom is 1.00 e. The molecule has 0 spiro atoms. The van der Waals surface area contributed by atoms with Crippen molar-refractivity contribution in [2.24, 2.45) is 0 Å². The van der Waals surface area contributed by atoms with Crippen LogP contribution in [0.15, 0.2) is 53.6 Å². The second kappa shape index (κ2) is 12.7. The van der Waals surface area contributed by atoms with Crippen molar-refractivity contribution in [3.05, 3.63) is 54.2 Å². The van der Waals surface area contributed by atoms with E-state index in [2.05, 4.69) is 20.9 Å². The van der Waals surface area contributed by atoms with Crippen molar-refractivity contribution >= 4 is 39.6 Å². The van der Waals surface area contributed by atoms with Crippen molar-refractivity contribution in [3.63, 3.8) is 0 Å². The zero-order valence-corrected chi connectivity index (χ0v) is 27.5. The number of phosphoric ester groups is 1. The Kier molecular flexibility index (Phi) is 9.54. The quantitative estimate of drug-likeness (QED) is 0.138. The number of piperidine rings is 1. The monoisotopic (exact) mass is 623 g/mol. The van der Waals surface area contributed by atoms with E-state index >= 15 is 0 Å². The number of phosphoric acid groups is 1. The Labute approximate surface area is 268 Å². The zero-order chi connectivity index (χ0) is 28.8. The van der Waals surface area contributed by atoms with Crippen molar-refractivity contribution in [1.82, 2.24) is 14.9 Å². The van der Waals surface area contributed by atoms with Crippen molar-refractivity contribution in [3.8, 4) is 16.9 Å². The number of H-pyrrole nitrogens is 1. The number of aromatic nitrogens is 2. The molecule has 2 aromatic heterocycles. The van der Waals surface area contributed by atoms with Crippen LogP contribution in [0.2, 0.25) is 0 Å². The van der Waals surface area contributed by atoms with Crippen LogP contribution < -0.4 is 34.3 Å². The molecule has 1 saturated carbocycles. The summed E-state index contributed by atoms with van der Waals surface area (Å²) in [5, 5.41) is 1.63. The molecule has 4 aromatic rings. The van der Waals surface area contributed by atoms with Crippen LogP contribution in [0.1, 0.15) is 39.1 Å². The number of nitrogens with zero attached hydrogens (tertiary/aromatic N) is 2. The Hall–Kier alpha value is -1.79. The molecule has 2 aromatic carbocycles. The molecule has 1 aliphatic heterocycles. The summed E-state index contributed by atoms with van der Waals surface area (Å²) in [4.78, 5) is 28.7. The second-order valence-corrected chi connectivity index (χ2v) is 14.4. The van der Waals surface area contributed by atoms with Gasteiger partial charge in [0.05, 0.1) is 28.4 Å². The summed E-state index contributed by atoms with van der Waals surface area (Å²) < 4.78 is 48.1. The molecule has 220 valence electrons. The number of benzene rings is 2. The molecule has 42 heavy (non-hydrogen) atoms. The maximum absolute atomic E-state index is 13.0. The van der Waals surface area contributed by atoms with Crippen molar-refractivity contribution in [1.29, 1.82) is 0 Å². The number of hydrogen-bond donors (Lipinski definition) is 3. The van der Waals surface area contributed by atoms with Crippen LogP contribution in [0.3, 0.4) is 0 Å². The molecular formula is C29H35N3NaO7PS. The van der Waals surface area contributed by atoms with Gasteiger partial charge in [-0.2, -0.15) is 0 Å². The fraction of sp³-hybridized carbons (Fsp3) is 0.414. The maximum atomic E-state index is 13.0. The molecule has 1 saturated heterocycles. The predicted molar refractivity (Wildman–Crippen MR) is 158 cm³/mol. The van der Waals surface area contributed by atoms with Crippen LogP contribution >= 0.6 is 7.82 Å². The van der Waals surface area contributed by atoms with Gasteiger partial charge in [0.2, 0.25) is 0 Å². The average molecular weight is 624 g/mol. The third-order valence-electron chi connectivity index (χ3n) is 7.84. The summed E-state index contributed by atoms with van der Waals surface area (Å²) in [6.45, 7) is 4.72. The van der Waals surface area contributed by atoms with E-state index in [1.807, 2.05) is 31.3 Å². The van der Waals surface area contributed by atoms with Crippen LogP contribution in [-0.2, 0) is 18.9 Å². The van der Waals surface area contributed by atoms with E-state index in [1.165, 1.54) is 0 Å². The fourth-order valence-electron chi connectivity index (χ4n) is 5.64. The van der Waals surface area contributed by atoms with Gasteiger partial charge in [0.15, 0.2) is 9.84 Å². The SMILES string of the molecule is Cc1cnc2[nH]c3c(OCCCN4CCC(OP(=O)(O)O)CC4)ccc(-c4cccc(S(=O)(=O)C5CC5)c4)c3c2c1.[H-].[Na+]. The van der Waals surface area contributed by atoms with E-state index in [4.69, 9.17) is 19.0 Å². The van der Waals surface area contributed by atoms with Gasteiger partial charge in [0.25, 0.3) is 0 Å². The summed E-state index contributed by atoms with van der Waals surface area (Å²) in [6.07, 6.45) is 4.79. The van der Waals surface area contributed by atoms with Gasteiger partial charge < -0.3 is 25.8 Å². The van der Waals surface area contributed by atoms with Gasteiger partial charge in [0, 0.05) is 36.6 Å². The minimum atomic E-state index is -4.46. The molecule has 1 aliphatic carbocycles. The normalized spacial score (nSPS) is 17.0. The van der Waals surface area contributed by atoms with E-state index in [0.717, 1.165) is 64.4 Å². The van der Waals surface area contributed by atoms with Crippen molar-refractivity contribution < 1.29 is 63.0 Å². The van der Waals surface area contributed by atoms with E-state index in [9.17, 15) is 13.0 Å². The standard InChI is InChI=1S/C29H34N3O7PS.Na.H/c1-19-16-25-27-24(20-4-2-5-23(17-20)41(36,37)22-6-7-22)8-9-26(28(27)31-29(25)30-18-19)38-15-3-12-32-13-10-21(11-14-32)39-40(33,34)35;;/h2,4-5,8-9,16-18,21-22H,3,6-7,10-15H2,1H3,(H,30,31)(H2,33,34,35);;/q;+1;-1. The number of sulfone groups is 1. The number of aryl methyl sites for hydroxylation is 1. The van der Waals surface area contributed by atoms with Crippen molar-refractivity contribution in [2.75, 3.05) is 26.2 Å². The van der Waals surface area contributed by atoms with Gasteiger partial charge in [-0.25, -0.2) is 18.0 Å². The predicted octanol–water partition coefficient (Wildman–Crippen LogP) is 2.09. The third-order valence-corrected chi connectivity index (χ3v) is 10.7. The summed E-state index contributed by atoms with van der Waals surface area (Å²) in [5.41, 5.74) is 4.33. The van der Waals surface area contributed by atoms with Crippen LogP contribution in [0, 0.1) is 6.92 Å². The van der Waals surface area contributed by atoms with Crippen LogP contribution in [-0.4, -0.2) is 70.7 Å². The van der Waals surface area contributed by atoms with Gasteiger partial charge >= 0.3 is 37.4 Å². The number of aromatic amines is 1. The Morgan fingerprint density at radius 1 is 1.12 bits per heavy atom. The number of likely N-dealkylation sites (tertiary alicyclic amines) is 1. The minimum absolute atomic E-state index is 0. The number of hydrogen-bond acceptors (Lipinski definition) is 7. The molecule has 0 bridgehead atoms. The number of rotatable bonds is 10. The molecule has 0 atom stereocenters. The molecule has 0 amide bonds. The number of nitrogens with one attached hydrogen (secondary N) is 1. The molecule has 0 unspecified atom stereocenters. The van der Waals surface area contributed by atoms with Crippen LogP contribution in [0.25, 0.3) is 33.1 Å². The molecular weight excluding hydrogens is 588 g/mol. The molecule has 13 heteroatoms. The number of pyridine rings is 1. The van der Waals surface area contributed by atoms with E-state index in [1.54, 1.807) is 18.2 Å². The first-order chi connectivity index (χ1) is 19.6. The first-order valence-electron chi connectivity index (χ1n) is 13.9. The van der Waals surface area contributed by atoms with Gasteiger partial charge in [-0.1, -0.05) is 12.1 Å². The van der Waals surface area contributed by atoms with E-state index in [0.29, 0.717) is 43.2 Å². The summed E-state index contributed by atoms with van der Waals surface area (Å²) in [6, 6.07) is 13.2. The Morgan fingerprint density at radius 2 is 1.88 bits per heavy atom. The number of ether oxygens (including phenoxy) is 1. The topological polar surface area (TPSA) is 142 Å². The van der Waals surface area contributed by atoms with Gasteiger partial charge in [-0.05, 0) is 86.1 Å². The first kappa shape index (κ1) is 31.6. The summed E-state index contributed by atoms with van der Waals surface area (Å²) in [5.74, 6) is 0.704. The smallest absolute Gasteiger partial charge is 1.00 e. The third kappa shape index (κ3) is 6.96. The first-order valence-corrected chi connectivity index (χ1v) is 17.0. The molecule has 2 aliphatic rings. The summed E-state index contributed by atoms with van der Waals surface area (Å²) in [7, 11) is -7.78. The molecule has 3 heterocycles. The second-order valence-electron chi connectivity index (χ2n) is 11.0. The van der Waals surface area contributed by atoms with E-state index in [-0.39, 0.29) is 36.2 Å². The Morgan fingerprint density at radius 3 is 2.60 bits per heavy atom. The minimum Gasteiger partial charge on any atom is -1.00 e. The van der Waals surface area contributed by atoms with E-state index < -0.39 is 23.8 Å². The van der Waals surface area contributed by atoms with Crippen LogP contribution in [0.5, 0.6) is 5.75 Å². The zero-order valence-electron chi connectivity index (χ0n) is 24.8.